The van der Waals surface area contributed by atoms with E-state index in [0.717, 1.165) is 6.42 Å². The second-order valence-electron chi connectivity index (χ2n) is 3.44. The highest BCUT2D eigenvalue weighted by Gasteiger charge is 2.20. The lowest BCUT2D eigenvalue weighted by atomic mass is 10.2. The highest BCUT2D eigenvalue weighted by atomic mass is 16.4. The predicted molar refractivity (Wildman–Crippen MR) is 53.9 cm³/mol. The lowest BCUT2D eigenvalue weighted by Crippen LogP contribution is -2.19. The number of carbonyl (C=O) groups is 2. The van der Waals surface area contributed by atoms with Crippen molar-refractivity contribution in [2.24, 2.45) is 0 Å². The summed E-state index contributed by atoms with van der Waals surface area (Å²) in [5.41, 5.74) is 1.00. The Morgan fingerprint density at radius 1 is 1.73 bits per heavy atom. The fourth-order valence-electron chi connectivity index (χ4n) is 1.42. The van der Waals surface area contributed by atoms with E-state index in [0.29, 0.717) is 24.0 Å². The average molecular weight is 210 g/mol. The number of carbonyl (C=O) groups excluding carboxylic acids is 1. The third-order valence-corrected chi connectivity index (χ3v) is 2.23. The van der Waals surface area contributed by atoms with E-state index in [2.05, 4.69) is 5.10 Å². The summed E-state index contributed by atoms with van der Waals surface area (Å²) in [4.78, 5) is 21.5. The molecule has 0 radical (unpaired) electrons. The van der Waals surface area contributed by atoms with E-state index in [1.807, 2.05) is 6.92 Å². The van der Waals surface area contributed by atoms with Crippen molar-refractivity contribution < 1.29 is 14.7 Å². The highest BCUT2D eigenvalue weighted by Crippen LogP contribution is 2.15. The molecular formula is C10H14N2O3. The van der Waals surface area contributed by atoms with Gasteiger partial charge in [0.1, 0.15) is 11.7 Å². The van der Waals surface area contributed by atoms with Gasteiger partial charge in [-0.05, 0) is 18.9 Å². The van der Waals surface area contributed by atoms with Crippen molar-refractivity contribution in [3.8, 4) is 0 Å². The van der Waals surface area contributed by atoms with Crippen LogP contribution in [0, 0.1) is 6.92 Å². The molecule has 0 aliphatic carbocycles. The van der Waals surface area contributed by atoms with Crippen LogP contribution in [-0.2, 0) is 4.79 Å². The van der Waals surface area contributed by atoms with Gasteiger partial charge in [0, 0.05) is 6.20 Å². The molecule has 1 heterocycles. The highest BCUT2D eigenvalue weighted by molar-refractivity contribution is 5.75. The summed E-state index contributed by atoms with van der Waals surface area (Å²) >= 11 is 0. The fraction of sp³-hybridized carbons (Fsp3) is 0.500. The Hall–Kier alpha value is -1.65. The predicted octanol–water partition coefficient (Wildman–Crippen LogP) is 1.43. The van der Waals surface area contributed by atoms with Gasteiger partial charge >= 0.3 is 5.97 Å². The Morgan fingerprint density at radius 3 is 2.80 bits per heavy atom. The lowest BCUT2D eigenvalue weighted by Gasteiger charge is -2.10. The van der Waals surface area contributed by atoms with Crippen LogP contribution in [-0.4, -0.2) is 27.1 Å². The Bertz CT molecular complexity index is 371. The molecule has 5 heteroatoms. The Labute approximate surface area is 87.7 Å². The van der Waals surface area contributed by atoms with Crippen molar-refractivity contribution in [3.05, 3.63) is 17.5 Å². The summed E-state index contributed by atoms with van der Waals surface area (Å²) in [5.74, 6) is -0.920. The van der Waals surface area contributed by atoms with E-state index < -0.39 is 12.0 Å². The molecule has 0 amide bonds. The van der Waals surface area contributed by atoms with Gasteiger partial charge in [-0.2, -0.15) is 5.10 Å². The van der Waals surface area contributed by atoms with Gasteiger partial charge in [-0.25, -0.2) is 4.79 Å². The minimum Gasteiger partial charge on any atom is -0.480 e. The van der Waals surface area contributed by atoms with E-state index in [1.165, 1.54) is 4.68 Å². The number of nitrogens with zero attached hydrogens (tertiary/aromatic N) is 2. The molecule has 0 saturated carbocycles. The molecule has 1 unspecified atom stereocenters. The second kappa shape index (κ2) is 4.72. The normalized spacial score (nSPS) is 12.4. The summed E-state index contributed by atoms with van der Waals surface area (Å²) in [6.45, 7) is 3.64. The minimum atomic E-state index is -0.920. The number of carboxylic acid groups (broad SMARTS) is 1. The van der Waals surface area contributed by atoms with Crippen LogP contribution >= 0.6 is 0 Å². The maximum atomic E-state index is 10.9. The number of hydrogen-bond acceptors (Lipinski definition) is 3. The summed E-state index contributed by atoms with van der Waals surface area (Å²) in [6.07, 6.45) is 3.50. The molecule has 1 aromatic heterocycles. The third-order valence-electron chi connectivity index (χ3n) is 2.23. The molecular weight excluding hydrogens is 196 g/mol. The molecule has 1 aromatic rings. The van der Waals surface area contributed by atoms with Crippen molar-refractivity contribution in [2.45, 2.75) is 32.7 Å². The van der Waals surface area contributed by atoms with Crippen LogP contribution in [0.1, 0.15) is 41.9 Å². The fourth-order valence-corrected chi connectivity index (χ4v) is 1.42. The third kappa shape index (κ3) is 2.43. The number of aromatic nitrogens is 2. The van der Waals surface area contributed by atoms with Crippen LogP contribution in [0.5, 0.6) is 0 Å². The number of aliphatic carboxylic acids is 1. The lowest BCUT2D eigenvalue weighted by molar-refractivity contribution is -0.141. The van der Waals surface area contributed by atoms with Gasteiger partial charge in [0.25, 0.3) is 0 Å². The average Bonchev–Trinajstić information content (AvgIpc) is 2.55. The Balaban J connectivity index is 3.00. The first-order valence-electron chi connectivity index (χ1n) is 4.83. The maximum Gasteiger partial charge on any atom is 0.328 e. The van der Waals surface area contributed by atoms with Gasteiger partial charge in [-0.3, -0.25) is 9.48 Å². The van der Waals surface area contributed by atoms with Crippen LogP contribution in [0.3, 0.4) is 0 Å². The first-order valence-corrected chi connectivity index (χ1v) is 4.83. The molecule has 0 aliphatic heterocycles. The van der Waals surface area contributed by atoms with Crippen molar-refractivity contribution in [3.63, 3.8) is 0 Å². The van der Waals surface area contributed by atoms with Crippen LogP contribution < -0.4 is 0 Å². The van der Waals surface area contributed by atoms with E-state index in [-0.39, 0.29) is 0 Å². The van der Waals surface area contributed by atoms with Crippen molar-refractivity contribution >= 4 is 12.3 Å². The van der Waals surface area contributed by atoms with Crippen LogP contribution in [0.4, 0.5) is 0 Å². The zero-order chi connectivity index (χ0) is 11.4. The Kier molecular flexibility index (Phi) is 3.60. The number of hydrogen-bond donors (Lipinski definition) is 1. The van der Waals surface area contributed by atoms with Gasteiger partial charge in [-0.15, -0.1) is 0 Å². The van der Waals surface area contributed by atoms with Gasteiger partial charge in [0.15, 0.2) is 6.29 Å². The zero-order valence-corrected chi connectivity index (χ0v) is 8.80. The van der Waals surface area contributed by atoms with Crippen molar-refractivity contribution in [2.75, 3.05) is 0 Å². The first kappa shape index (κ1) is 11.4. The SMILES string of the molecule is CCCC(C(=O)O)n1cc(C)c(C=O)n1. The van der Waals surface area contributed by atoms with Crippen LogP contribution in [0.25, 0.3) is 0 Å². The summed E-state index contributed by atoms with van der Waals surface area (Å²) < 4.78 is 1.35. The van der Waals surface area contributed by atoms with E-state index in [9.17, 15) is 9.59 Å². The topological polar surface area (TPSA) is 72.2 Å². The second-order valence-corrected chi connectivity index (χ2v) is 3.44. The molecule has 0 fully saturated rings. The van der Waals surface area contributed by atoms with Crippen molar-refractivity contribution in [1.29, 1.82) is 0 Å². The minimum absolute atomic E-state index is 0.303. The number of aldehydes is 1. The monoisotopic (exact) mass is 210 g/mol. The molecule has 5 nitrogen and oxygen atoms in total. The number of aryl methyl sites for hydroxylation is 1. The Morgan fingerprint density at radius 2 is 2.40 bits per heavy atom. The number of carboxylic acids is 1. The molecule has 0 spiro atoms. The smallest absolute Gasteiger partial charge is 0.328 e. The molecule has 1 N–H and O–H groups in total. The summed E-state index contributed by atoms with van der Waals surface area (Å²) in [7, 11) is 0. The van der Waals surface area contributed by atoms with E-state index in [1.54, 1.807) is 13.1 Å². The largest absolute Gasteiger partial charge is 0.480 e. The molecule has 1 atom stereocenters. The quantitative estimate of drug-likeness (QED) is 0.746. The number of rotatable bonds is 5. The molecule has 1 rings (SSSR count). The molecule has 0 bridgehead atoms. The van der Waals surface area contributed by atoms with Crippen molar-refractivity contribution in [1.82, 2.24) is 9.78 Å². The van der Waals surface area contributed by atoms with Gasteiger partial charge in [0.2, 0.25) is 0 Å². The standard InChI is InChI=1S/C10H14N2O3/c1-3-4-9(10(14)15)12-5-7(2)8(6-13)11-12/h5-6,9H,3-4H2,1-2H3,(H,14,15). The van der Waals surface area contributed by atoms with Gasteiger partial charge < -0.3 is 5.11 Å². The zero-order valence-electron chi connectivity index (χ0n) is 8.80. The molecule has 0 aromatic carbocycles. The molecule has 82 valence electrons. The van der Waals surface area contributed by atoms with Crippen LogP contribution in [0.15, 0.2) is 6.20 Å². The maximum absolute atomic E-state index is 10.9. The van der Waals surface area contributed by atoms with Gasteiger partial charge in [-0.1, -0.05) is 13.3 Å². The molecule has 0 aliphatic rings. The van der Waals surface area contributed by atoms with E-state index >= 15 is 0 Å². The molecule has 15 heavy (non-hydrogen) atoms. The van der Waals surface area contributed by atoms with Gasteiger partial charge in [0.05, 0.1) is 0 Å². The van der Waals surface area contributed by atoms with E-state index in [4.69, 9.17) is 5.11 Å². The summed E-state index contributed by atoms with van der Waals surface area (Å²) in [5, 5.41) is 12.9. The van der Waals surface area contributed by atoms with Crippen LogP contribution in [0.2, 0.25) is 0 Å². The summed E-state index contributed by atoms with van der Waals surface area (Å²) in [6, 6.07) is -0.678. The molecule has 0 saturated heterocycles. The first-order chi connectivity index (χ1) is 7.10.